The van der Waals surface area contributed by atoms with E-state index >= 15 is 0 Å². The molecule has 18 heavy (non-hydrogen) atoms. The second-order valence-electron chi connectivity index (χ2n) is 7.42. The zero-order valence-corrected chi connectivity index (χ0v) is 11.9. The highest BCUT2D eigenvalue weighted by Crippen LogP contribution is 2.49. The van der Waals surface area contributed by atoms with E-state index in [1.165, 1.54) is 37.9 Å². The third-order valence-electron chi connectivity index (χ3n) is 4.93. The molecule has 1 aliphatic carbocycles. The topological polar surface area (TPSA) is 12.0 Å². The third-order valence-corrected chi connectivity index (χ3v) is 4.93. The van der Waals surface area contributed by atoms with Crippen molar-refractivity contribution in [3.63, 3.8) is 0 Å². The second kappa shape index (κ2) is 4.09. The van der Waals surface area contributed by atoms with Crippen LogP contribution in [-0.4, -0.2) is 13.1 Å². The van der Waals surface area contributed by atoms with E-state index in [4.69, 9.17) is 0 Å². The smallest absolute Gasteiger partial charge is 0.00204 e. The summed E-state index contributed by atoms with van der Waals surface area (Å²) in [5.74, 6) is 0.800. The molecule has 1 atom stereocenters. The standard InChI is InChI=1S/C17H25N/c1-16(2,3)15-6-4-5-13(9-15)14-7-8-17(10-14)11-18-12-17/h4-6,9,14,18H,7-8,10-12H2,1-3H3. The fourth-order valence-electron chi connectivity index (χ4n) is 3.55. The molecule has 1 heteroatoms. The van der Waals surface area contributed by atoms with Gasteiger partial charge in [0.05, 0.1) is 0 Å². The number of hydrogen-bond acceptors (Lipinski definition) is 1. The van der Waals surface area contributed by atoms with Crippen molar-refractivity contribution in [3.05, 3.63) is 35.4 Å². The van der Waals surface area contributed by atoms with Gasteiger partial charge in [-0.05, 0) is 47.1 Å². The average Bonchev–Trinajstić information content (AvgIpc) is 2.73. The molecule has 2 fully saturated rings. The first-order valence-electron chi connectivity index (χ1n) is 7.30. The molecule has 1 aromatic rings. The van der Waals surface area contributed by atoms with Crippen molar-refractivity contribution in [3.8, 4) is 0 Å². The number of hydrogen-bond donors (Lipinski definition) is 1. The minimum Gasteiger partial charge on any atom is -0.316 e. The molecule has 1 saturated heterocycles. The van der Waals surface area contributed by atoms with E-state index in [-0.39, 0.29) is 5.41 Å². The van der Waals surface area contributed by atoms with Crippen LogP contribution in [0.2, 0.25) is 0 Å². The fourth-order valence-corrected chi connectivity index (χ4v) is 3.55. The van der Waals surface area contributed by atoms with Crippen LogP contribution in [0.1, 0.15) is 57.1 Å². The van der Waals surface area contributed by atoms with Crippen LogP contribution in [-0.2, 0) is 5.41 Å². The van der Waals surface area contributed by atoms with Crippen LogP contribution in [0.15, 0.2) is 24.3 Å². The van der Waals surface area contributed by atoms with Gasteiger partial charge in [0.1, 0.15) is 0 Å². The van der Waals surface area contributed by atoms with E-state index in [0.717, 1.165) is 5.92 Å². The first-order valence-corrected chi connectivity index (χ1v) is 7.30. The maximum atomic E-state index is 3.45. The average molecular weight is 243 g/mol. The SMILES string of the molecule is CC(C)(C)c1cccc(C2CCC3(CNC3)C2)c1. The van der Waals surface area contributed by atoms with Crippen molar-refractivity contribution in [2.45, 2.75) is 51.4 Å². The number of rotatable bonds is 1. The molecule has 1 aliphatic heterocycles. The van der Waals surface area contributed by atoms with Gasteiger partial charge in [0, 0.05) is 13.1 Å². The minimum atomic E-state index is 0.268. The van der Waals surface area contributed by atoms with Crippen molar-refractivity contribution < 1.29 is 0 Å². The van der Waals surface area contributed by atoms with Gasteiger partial charge in [-0.2, -0.15) is 0 Å². The Bertz CT molecular complexity index is 437. The van der Waals surface area contributed by atoms with Gasteiger partial charge in [-0.3, -0.25) is 0 Å². The number of nitrogens with one attached hydrogen (secondary N) is 1. The summed E-state index contributed by atoms with van der Waals surface area (Å²) in [5, 5.41) is 3.45. The van der Waals surface area contributed by atoms with Crippen LogP contribution >= 0.6 is 0 Å². The molecule has 1 N–H and O–H groups in total. The number of benzene rings is 1. The maximum Gasteiger partial charge on any atom is 0.00204 e. The van der Waals surface area contributed by atoms with E-state index in [1.54, 1.807) is 5.56 Å². The molecular formula is C17H25N. The Balaban J connectivity index is 1.81. The summed E-state index contributed by atoms with van der Waals surface area (Å²) in [7, 11) is 0. The van der Waals surface area contributed by atoms with E-state index in [9.17, 15) is 0 Å². The molecule has 1 aromatic carbocycles. The van der Waals surface area contributed by atoms with Crippen molar-refractivity contribution in [2.24, 2.45) is 5.41 Å². The highest BCUT2D eigenvalue weighted by atomic mass is 15.0. The lowest BCUT2D eigenvalue weighted by Crippen LogP contribution is -2.51. The van der Waals surface area contributed by atoms with Gasteiger partial charge in [-0.1, -0.05) is 45.0 Å². The van der Waals surface area contributed by atoms with Crippen molar-refractivity contribution in [1.82, 2.24) is 5.32 Å². The normalized spacial score (nSPS) is 26.3. The first kappa shape index (κ1) is 12.2. The van der Waals surface area contributed by atoms with Gasteiger partial charge in [0.2, 0.25) is 0 Å². The molecule has 1 spiro atoms. The quantitative estimate of drug-likeness (QED) is 0.790. The van der Waals surface area contributed by atoms with Gasteiger partial charge in [-0.15, -0.1) is 0 Å². The van der Waals surface area contributed by atoms with Crippen molar-refractivity contribution >= 4 is 0 Å². The monoisotopic (exact) mass is 243 g/mol. The van der Waals surface area contributed by atoms with Crippen LogP contribution in [0.5, 0.6) is 0 Å². The van der Waals surface area contributed by atoms with Crippen molar-refractivity contribution in [2.75, 3.05) is 13.1 Å². The Morgan fingerprint density at radius 3 is 2.56 bits per heavy atom. The lowest BCUT2D eigenvalue weighted by molar-refractivity contribution is 0.175. The summed E-state index contributed by atoms with van der Waals surface area (Å²) in [5.41, 5.74) is 3.98. The molecule has 1 heterocycles. The molecule has 3 rings (SSSR count). The molecule has 1 nitrogen and oxygen atoms in total. The molecule has 2 aliphatic rings. The van der Waals surface area contributed by atoms with Crippen molar-refractivity contribution in [1.29, 1.82) is 0 Å². The van der Waals surface area contributed by atoms with Gasteiger partial charge < -0.3 is 5.32 Å². The summed E-state index contributed by atoms with van der Waals surface area (Å²) in [4.78, 5) is 0. The van der Waals surface area contributed by atoms with Crippen LogP contribution in [0.4, 0.5) is 0 Å². The van der Waals surface area contributed by atoms with Crippen LogP contribution < -0.4 is 5.32 Å². The summed E-state index contributed by atoms with van der Waals surface area (Å²) < 4.78 is 0. The molecule has 0 aromatic heterocycles. The maximum absolute atomic E-state index is 3.45. The summed E-state index contributed by atoms with van der Waals surface area (Å²) in [6.45, 7) is 9.42. The van der Waals surface area contributed by atoms with E-state index in [1.807, 2.05) is 0 Å². The molecular weight excluding hydrogens is 218 g/mol. The van der Waals surface area contributed by atoms with Crippen LogP contribution in [0.25, 0.3) is 0 Å². The molecule has 1 saturated carbocycles. The minimum absolute atomic E-state index is 0.268. The molecule has 0 amide bonds. The molecule has 0 bridgehead atoms. The van der Waals surface area contributed by atoms with Gasteiger partial charge in [0.25, 0.3) is 0 Å². The van der Waals surface area contributed by atoms with Crippen LogP contribution in [0.3, 0.4) is 0 Å². The summed E-state index contributed by atoms with van der Waals surface area (Å²) in [6.07, 6.45) is 4.20. The predicted molar refractivity (Wildman–Crippen MR) is 77.0 cm³/mol. The van der Waals surface area contributed by atoms with Crippen LogP contribution in [0, 0.1) is 5.41 Å². The third kappa shape index (κ3) is 2.09. The second-order valence-corrected chi connectivity index (χ2v) is 7.42. The Morgan fingerprint density at radius 2 is 2.00 bits per heavy atom. The van der Waals surface area contributed by atoms with Gasteiger partial charge in [0.15, 0.2) is 0 Å². The first-order chi connectivity index (χ1) is 8.49. The van der Waals surface area contributed by atoms with E-state index in [0.29, 0.717) is 5.41 Å². The highest BCUT2D eigenvalue weighted by Gasteiger charge is 2.43. The fraction of sp³-hybridized carbons (Fsp3) is 0.647. The lowest BCUT2D eigenvalue weighted by Gasteiger charge is -2.39. The zero-order chi connectivity index (χ0) is 12.8. The highest BCUT2D eigenvalue weighted by molar-refractivity contribution is 5.32. The Kier molecular flexibility index (Phi) is 2.78. The lowest BCUT2D eigenvalue weighted by atomic mass is 9.78. The Morgan fingerprint density at radius 1 is 1.22 bits per heavy atom. The zero-order valence-electron chi connectivity index (χ0n) is 11.9. The Labute approximate surface area is 111 Å². The molecule has 98 valence electrons. The van der Waals surface area contributed by atoms with Gasteiger partial charge in [-0.25, -0.2) is 0 Å². The molecule has 0 radical (unpaired) electrons. The molecule has 1 unspecified atom stereocenters. The van der Waals surface area contributed by atoms with E-state index in [2.05, 4.69) is 50.4 Å². The van der Waals surface area contributed by atoms with E-state index < -0.39 is 0 Å². The summed E-state index contributed by atoms with van der Waals surface area (Å²) in [6, 6.07) is 9.32. The Hall–Kier alpha value is -0.820. The predicted octanol–water partition coefficient (Wildman–Crippen LogP) is 3.84. The largest absolute Gasteiger partial charge is 0.316 e. The summed E-state index contributed by atoms with van der Waals surface area (Å²) >= 11 is 0. The van der Waals surface area contributed by atoms with Gasteiger partial charge >= 0.3 is 0 Å².